The van der Waals surface area contributed by atoms with Crippen molar-refractivity contribution in [3.05, 3.63) is 59.7 Å². The number of rotatable bonds is 5. The molecule has 2 aromatic rings. The first kappa shape index (κ1) is 15.6. The average molecular weight is 299 g/mol. The van der Waals surface area contributed by atoms with Crippen molar-refractivity contribution < 1.29 is 19.1 Å². The Morgan fingerprint density at radius 2 is 1.82 bits per heavy atom. The van der Waals surface area contributed by atoms with Crippen molar-refractivity contribution in [1.82, 2.24) is 0 Å². The summed E-state index contributed by atoms with van der Waals surface area (Å²) in [6, 6.07) is 14.1. The minimum absolute atomic E-state index is 0.301. The van der Waals surface area contributed by atoms with Crippen LogP contribution in [-0.4, -0.2) is 25.6 Å². The molecule has 1 amide bonds. The van der Waals surface area contributed by atoms with Crippen molar-refractivity contribution in [1.29, 1.82) is 0 Å². The SMILES string of the molecule is COc1ccc(C)cc1C(=O)OCC(=O)Nc1ccccc1. The molecule has 114 valence electrons. The highest BCUT2D eigenvalue weighted by Gasteiger charge is 2.15. The van der Waals surface area contributed by atoms with Crippen LogP contribution in [0.3, 0.4) is 0 Å². The van der Waals surface area contributed by atoms with Crippen LogP contribution in [0.2, 0.25) is 0 Å². The molecule has 5 heteroatoms. The molecule has 5 nitrogen and oxygen atoms in total. The Bertz CT molecular complexity index is 668. The monoisotopic (exact) mass is 299 g/mol. The second-order valence-corrected chi connectivity index (χ2v) is 4.69. The molecule has 0 aliphatic heterocycles. The fourth-order valence-electron chi connectivity index (χ4n) is 1.91. The highest BCUT2D eigenvalue weighted by atomic mass is 16.5. The number of ether oxygens (including phenoxy) is 2. The number of aryl methyl sites for hydroxylation is 1. The molecule has 0 radical (unpaired) electrons. The van der Waals surface area contributed by atoms with Crippen molar-refractivity contribution in [3.8, 4) is 5.75 Å². The fraction of sp³-hybridized carbons (Fsp3) is 0.176. The highest BCUT2D eigenvalue weighted by Crippen LogP contribution is 2.20. The lowest BCUT2D eigenvalue weighted by Gasteiger charge is -2.10. The summed E-state index contributed by atoms with van der Waals surface area (Å²) in [4.78, 5) is 23.8. The maximum atomic E-state index is 12.1. The predicted octanol–water partition coefficient (Wildman–Crippen LogP) is 2.80. The number of anilines is 1. The van der Waals surface area contributed by atoms with Crippen LogP contribution in [0.4, 0.5) is 5.69 Å². The molecule has 0 aliphatic rings. The van der Waals surface area contributed by atoms with Gasteiger partial charge < -0.3 is 14.8 Å². The van der Waals surface area contributed by atoms with Gasteiger partial charge in [0.1, 0.15) is 11.3 Å². The summed E-state index contributed by atoms with van der Waals surface area (Å²) >= 11 is 0. The van der Waals surface area contributed by atoms with E-state index in [9.17, 15) is 9.59 Å². The Kier molecular flexibility index (Phi) is 5.14. The highest BCUT2D eigenvalue weighted by molar-refractivity contribution is 5.96. The van der Waals surface area contributed by atoms with Crippen molar-refractivity contribution >= 4 is 17.6 Å². The summed E-state index contributed by atoms with van der Waals surface area (Å²) in [7, 11) is 1.48. The zero-order valence-electron chi connectivity index (χ0n) is 12.5. The molecule has 0 unspecified atom stereocenters. The minimum atomic E-state index is -0.594. The van der Waals surface area contributed by atoms with Crippen molar-refractivity contribution in [2.45, 2.75) is 6.92 Å². The molecule has 0 fully saturated rings. The standard InChI is InChI=1S/C17H17NO4/c1-12-8-9-15(21-2)14(10-12)17(20)22-11-16(19)18-13-6-4-3-5-7-13/h3-10H,11H2,1-2H3,(H,18,19). The van der Waals surface area contributed by atoms with Crippen LogP contribution in [0.25, 0.3) is 0 Å². The molecule has 22 heavy (non-hydrogen) atoms. The van der Waals surface area contributed by atoms with Crippen LogP contribution in [0.5, 0.6) is 5.75 Å². The van der Waals surface area contributed by atoms with Crippen molar-refractivity contribution in [2.24, 2.45) is 0 Å². The minimum Gasteiger partial charge on any atom is -0.496 e. The molecular weight excluding hydrogens is 282 g/mol. The van der Waals surface area contributed by atoms with Crippen LogP contribution in [0.1, 0.15) is 15.9 Å². The van der Waals surface area contributed by atoms with Gasteiger partial charge >= 0.3 is 5.97 Å². The molecule has 2 rings (SSSR count). The van der Waals surface area contributed by atoms with E-state index in [2.05, 4.69) is 5.32 Å². The molecule has 0 saturated carbocycles. The quantitative estimate of drug-likeness (QED) is 0.862. The summed E-state index contributed by atoms with van der Waals surface area (Å²) in [6.45, 7) is 1.50. The zero-order chi connectivity index (χ0) is 15.9. The summed E-state index contributed by atoms with van der Waals surface area (Å²) in [5, 5.41) is 2.64. The maximum Gasteiger partial charge on any atom is 0.342 e. The van der Waals surface area contributed by atoms with E-state index >= 15 is 0 Å². The Balaban J connectivity index is 1.95. The number of amides is 1. The summed E-state index contributed by atoms with van der Waals surface area (Å²) in [6.07, 6.45) is 0. The molecule has 0 heterocycles. The van der Waals surface area contributed by atoms with Crippen molar-refractivity contribution in [2.75, 3.05) is 19.0 Å². The van der Waals surface area contributed by atoms with Gasteiger partial charge in [0.2, 0.25) is 0 Å². The fourth-order valence-corrected chi connectivity index (χ4v) is 1.91. The molecule has 0 saturated heterocycles. The van der Waals surface area contributed by atoms with Gasteiger partial charge in [-0.25, -0.2) is 4.79 Å². The molecule has 1 N–H and O–H groups in total. The average Bonchev–Trinajstić information content (AvgIpc) is 2.53. The van der Waals surface area contributed by atoms with Crippen molar-refractivity contribution in [3.63, 3.8) is 0 Å². The molecular formula is C17H17NO4. The first-order valence-corrected chi connectivity index (χ1v) is 6.77. The van der Waals surface area contributed by atoms with Gasteiger partial charge in [0.05, 0.1) is 7.11 Å². The van der Waals surface area contributed by atoms with E-state index in [4.69, 9.17) is 9.47 Å². The third-order valence-corrected chi connectivity index (χ3v) is 2.97. The maximum absolute atomic E-state index is 12.1. The topological polar surface area (TPSA) is 64.6 Å². The number of carbonyl (C=O) groups excluding carboxylic acids is 2. The summed E-state index contributed by atoms with van der Waals surface area (Å²) in [5.74, 6) is -0.575. The third-order valence-electron chi connectivity index (χ3n) is 2.97. The summed E-state index contributed by atoms with van der Waals surface area (Å²) < 4.78 is 10.2. The third kappa shape index (κ3) is 4.09. The van der Waals surface area contributed by atoms with Gasteiger partial charge in [-0.05, 0) is 31.2 Å². The number of methoxy groups -OCH3 is 1. The van der Waals surface area contributed by atoms with E-state index in [-0.39, 0.29) is 6.61 Å². The van der Waals surface area contributed by atoms with Crippen LogP contribution in [0.15, 0.2) is 48.5 Å². The van der Waals surface area contributed by atoms with E-state index in [1.54, 1.807) is 36.4 Å². The summed E-state index contributed by atoms with van der Waals surface area (Å²) in [5.41, 5.74) is 1.85. The normalized spacial score (nSPS) is 9.91. The smallest absolute Gasteiger partial charge is 0.342 e. The first-order chi connectivity index (χ1) is 10.6. The van der Waals surface area contributed by atoms with Crippen LogP contribution in [-0.2, 0) is 9.53 Å². The number of hydrogen-bond acceptors (Lipinski definition) is 4. The van der Waals surface area contributed by atoms with Gasteiger partial charge in [0.25, 0.3) is 5.91 Å². The van der Waals surface area contributed by atoms with Gasteiger partial charge in [0.15, 0.2) is 6.61 Å². The largest absolute Gasteiger partial charge is 0.496 e. The Morgan fingerprint density at radius 1 is 1.09 bits per heavy atom. The van der Waals surface area contributed by atoms with Gasteiger partial charge in [-0.3, -0.25) is 4.79 Å². The van der Waals surface area contributed by atoms with E-state index in [1.807, 2.05) is 19.1 Å². The van der Waals surface area contributed by atoms with Crippen LogP contribution in [0, 0.1) is 6.92 Å². The molecule has 0 atom stereocenters. The Hall–Kier alpha value is -2.82. The van der Waals surface area contributed by atoms with E-state index in [0.29, 0.717) is 17.0 Å². The Morgan fingerprint density at radius 3 is 2.50 bits per heavy atom. The number of carbonyl (C=O) groups is 2. The van der Waals surface area contributed by atoms with Crippen LogP contribution < -0.4 is 10.1 Å². The first-order valence-electron chi connectivity index (χ1n) is 6.77. The second-order valence-electron chi connectivity index (χ2n) is 4.69. The lowest BCUT2D eigenvalue weighted by molar-refractivity contribution is -0.119. The molecule has 0 bridgehead atoms. The zero-order valence-corrected chi connectivity index (χ0v) is 12.5. The van der Waals surface area contributed by atoms with Gasteiger partial charge in [-0.1, -0.05) is 29.8 Å². The lowest BCUT2D eigenvalue weighted by Crippen LogP contribution is -2.21. The van der Waals surface area contributed by atoms with Gasteiger partial charge in [-0.15, -0.1) is 0 Å². The van der Waals surface area contributed by atoms with Crippen LogP contribution >= 0.6 is 0 Å². The van der Waals surface area contributed by atoms with Gasteiger partial charge in [-0.2, -0.15) is 0 Å². The number of para-hydroxylation sites is 1. The number of benzene rings is 2. The van der Waals surface area contributed by atoms with E-state index in [0.717, 1.165) is 5.56 Å². The van der Waals surface area contributed by atoms with E-state index in [1.165, 1.54) is 7.11 Å². The van der Waals surface area contributed by atoms with Gasteiger partial charge in [0, 0.05) is 5.69 Å². The number of hydrogen-bond donors (Lipinski definition) is 1. The van der Waals surface area contributed by atoms with E-state index < -0.39 is 11.9 Å². The molecule has 0 aliphatic carbocycles. The number of esters is 1. The predicted molar refractivity (Wildman–Crippen MR) is 83.1 cm³/mol. The lowest BCUT2D eigenvalue weighted by atomic mass is 10.1. The molecule has 0 spiro atoms. The Labute approximate surface area is 128 Å². The number of nitrogens with one attached hydrogen (secondary N) is 1. The second kappa shape index (κ2) is 7.26. The molecule has 2 aromatic carbocycles. The molecule has 0 aromatic heterocycles.